The first-order valence-electron chi connectivity index (χ1n) is 12.7. The lowest BCUT2D eigenvalue weighted by Gasteiger charge is -2.21. The Morgan fingerprint density at radius 3 is 2.16 bits per heavy atom. The van der Waals surface area contributed by atoms with Crippen molar-refractivity contribution in [1.29, 1.82) is 0 Å². The van der Waals surface area contributed by atoms with Crippen molar-refractivity contribution in [1.82, 2.24) is 4.90 Å². The third-order valence-corrected chi connectivity index (χ3v) is 5.70. The Bertz CT molecular complexity index is 580. The largest absolute Gasteiger partial charge is 0.491 e. The highest BCUT2D eigenvalue weighted by Crippen LogP contribution is 2.22. The number of rotatable bonds is 20. The van der Waals surface area contributed by atoms with Gasteiger partial charge in [0.2, 0.25) is 0 Å². The van der Waals surface area contributed by atoms with Crippen molar-refractivity contribution in [3.63, 3.8) is 0 Å². The van der Waals surface area contributed by atoms with Gasteiger partial charge in [0.1, 0.15) is 12.4 Å². The molecule has 0 aromatic heterocycles. The summed E-state index contributed by atoms with van der Waals surface area (Å²) >= 11 is 0. The van der Waals surface area contributed by atoms with Gasteiger partial charge in [-0.3, -0.25) is 4.79 Å². The van der Waals surface area contributed by atoms with Crippen LogP contribution in [0.4, 0.5) is 0 Å². The van der Waals surface area contributed by atoms with E-state index in [1.165, 1.54) is 44.9 Å². The summed E-state index contributed by atoms with van der Waals surface area (Å²) < 4.78 is 11.6. The lowest BCUT2D eigenvalue weighted by atomic mass is 10.0. The minimum Gasteiger partial charge on any atom is -0.491 e. The second-order valence-electron chi connectivity index (χ2n) is 8.42. The second kappa shape index (κ2) is 18.2. The third kappa shape index (κ3) is 12.3. The molecule has 0 spiro atoms. The van der Waals surface area contributed by atoms with Crippen molar-refractivity contribution < 1.29 is 14.3 Å². The van der Waals surface area contributed by atoms with Crippen LogP contribution in [0.25, 0.3) is 0 Å². The normalized spacial score (nSPS) is 11.3. The number of carbonyl (C=O) groups is 1. The van der Waals surface area contributed by atoms with Crippen molar-refractivity contribution in [2.45, 2.75) is 91.9 Å². The lowest BCUT2D eigenvalue weighted by Crippen LogP contribution is -2.28. The van der Waals surface area contributed by atoms with Crippen LogP contribution in [0.15, 0.2) is 18.2 Å². The van der Waals surface area contributed by atoms with Gasteiger partial charge >= 0.3 is 0 Å². The molecule has 4 nitrogen and oxygen atoms in total. The maximum atomic E-state index is 12.8. The summed E-state index contributed by atoms with van der Waals surface area (Å²) in [4.78, 5) is 15.2. The fraction of sp³-hybridized carbons (Fsp3) is 0.741. The smallest absolute Gasteiger partial charge is 0.164 e. The Kier molecular flexibility index (Phi) is 16.2. The van der Waals surface area contributed by atoms with Crippen LogP contribution >= 0.6 is 0 Å². The van der Waals surface area contributed by atoms with Gasteiger partial charge in [-0.05, 0) is 62.5 Å². The Hall–Kier alpha value is -1.39. The highest BCUT2D eigenvalue weighted by atomic mass is 16.5. The number of nitrogens with zero attached hydrogens (tertiary/aromatic N) is 1. The summed E-state index contributed by atoms with van der Waals surface area (Å²) in [6, 6.07) is 5.90. The first-order chi connectivity index (χ1) is 15.2. The number of ketones is 1. The van der Waals surface area contributed by atoms with Crippen LogP contribution in [0.1, 0.15) is 101 Å². The van der Waals surface area contributed by atoms with E-state index in [1.54, 1.807) is 0 Å². The Morgan fingerprint density at radius 2 is 1.52 bits per heavy atom. The molecule has 0 fully saturated rings. The second-order valence-corrected chi connectivity index (χ2v) is 8.42. The molecule has 0 saturated carbocycles. The average Bonchev–Trinajstić information content (AvgIpc) is 2.80. The molecule has 0 atom stereocenters. The summed E-state index contributed by atoms with van der Waals surface area (Å²) in [5.41, 5.74) is 1.91. The molecule has 0 saturated heterocycles. The minimum absolute atomic E-state index is 0.231. The first kappa shape index (κ1) is 27.6. The number of unbranched alkanes of at least 4 members (excludes halogenated alkanes) is 5. The number of carbonyl (C=O) groups excluding carboxylic acids is 1. The molecule has 0 heterocycles. The Morgan fingerprint density at radius 1 is 0.806 bits per heavy atom. The van der Waals surface area contributed by atoms with Crippen molar-refractivity contribution >= 4 is 5.78 Å². The van der Waals surface area contributed by atoms with E-state index >= 15 is 0 Å². The van der Waals surface area contributed by atoms with Crippen molar-refractivity contribution in [2.75, 3.05) is 39.5 Å². The molecule has 1 rings (SSSR count). The number of Topliss-reactive ketones (excluding diaryl/α,β-unsaturated/α-hetero) is 1. The van der Waals surface area contributed by atoms with E-state index in [4.69, 9.17) is 9.47 Å². The molecule has 31 heavy (non-hydrogen) atoms. The van der Waals surface area contributed by atoms with Crippen molar-refractivity contribution in [3.05, 3.63) is 29.3 Å². The summed E-state index contributed by atoms with van der Waals surface area (Å²) in [7, 11) is 0. The third-order valence-electron chi connectivity index (χ3n) is 5.70. The van der Waals surface area contributed by atoms with E-state index in [9.17, 15) is 4.79 Å². The number of ether oxygens (including phenoxy) is 2. The number of aryl methyl sites for hydroxylation is 1. The predicted octanol–water partition coefficient (Wildman–Crippen LogP) is 6.70. The molecule has 0 aliphatic heterocycles. The number of benzene rings is 1. The number of hydrogen-bond acceptors (Lipinski definition) is 4. The first-order valence-corrected chi connectivity index (χ1v) is 12.7. The molecular formula is C27H47NO3. The highest BCUT2D eigenvalue weighted by molar-refractivity contribution is 5.96. The van der Waals surface area contributed by atoms with Crippen LogP contribution in [-0.2, 0) is 11.2 Å². The maximum absolute atomic E-state index is 12.8. The van der Waals surface area contributed by atoms with E-state index in [-0.39, 0.29) is 5.78 Å². The molecule has 0 bridgehead atoms. The van der Waals surface area contributed by atoms with Gasteiger partial charge in [-0.25, -0.2) is 0 Å². The zero-order valence-corrected chi connectivity index (χ0v) is 20.7. The van der Waals surface area contributed by atoms with Gasteiger partial charge in [0.15, 0.2) is 5.78 Å². The van der Waals surface area contributed by atoms with Crippen LogP contribution in [-0.4, -0.2) is 50.1 Å². The van der Waals surface area contributed by atoms with E-state index in [1.807, 2.05) is 18.2 Å². The van der Waals surface area contributed by atoms with E-state index in [2.05, 4.69) is 32.6 Å². The molecule has 0 aliphatic carbocycles. The number of hydrogen-bond donors (Lipinski definition) is 0. The Balaban J connectivity index is 2.48. The van der Waals surface area contributed by atoms with E-state index in [0.717, 1.165) is 56.0 Å². The van der Waals surface area contributed by atoms with Crippen molar-refractivity contribution in [3.8, 4) is 5.75 Å². The van der Waals surface area contributed by atoms with Gasteiger partial charge in [-0.2, -0.15) is 0 Å². The van der Waals surface area contributed by atoms with Crippen LogP contribution in [0.5, 0.6) is 5.75 Å². The SMILES string of the molecule is CCCCCCOCCOc1ccc(C(=O)CCN(CCCC)CCCC)cc1CC. The lowest BCUT2D eigenvalue weighted by molar-refractivity contribution is 0.0957. The van der Waals surface area contributed by atoms with Gasteiger partial charge in [0.25, 0.3) is 0 Å². The molecule has 0 amide bonds. The van der Waals surface area contributed by atoms with E-state index in [0.29, 0.717) is 19.6 Å². The zero-order valence-electron chi connectivity index (χ0n) is 20.7. The molecule has 1 aromatic rings. The van der Waals surface area contributed by atoms with Gasteiger partial charge < -0.3 is 14.4 Å². The summed E-state index contributed by atoms with van der Waals surface area (Å²) in [6.07, 6.45) is 11.1. The molecule has 178 valence electrons. The van der Waals surface area contributed by atoms with Crippen LogP contribution in [0.3, 0.4) is 0 Å². The maximum Gasteiger partial charge on any atom is 0.164 e. The standard InChI is InChI=1S/C27H47NO3/c1-5-9-12-13-20-30-21-22-31-27-15-14-25(23-24(27)8-4)26(29)16-19-28(17-10-6-2)18-11-7-3/h14-15,23H,5-13,16-22H2,1-4H3. The van der Waals surface area contributed by atoms with Gasteiger partial charge in [-0.15, -0.1) is 0 Å². The summed E-state index contributed by atoms with van der Waals surface area (Å²) in [5.74, 6) is 1.11. The molecule has 0 unspecified atom stereocenters. The Labute approximate surface area is 191 Å². The zero-order chi connectivity index (χ0) is 22.7. The molecule has 1 aromatic carbocycles. The predicted molar refractivity (Wildman–Crippen MR) is 131 cm³/mol. The van der Waals surface area contributed by atoms with Crippen LogP contribution in [0, 0.1) is 0 Å². The molecule has 0 aliphatic rings. The molecule has 0 N–H and O–H groups in total. The van der Waals surface area contributed by atoms with Gasteiger partial charge in [0.05, 0.1) is 6.61 Å². The summed E-state index contributed by atoms with van der Waals surface area (Å²) in [5, 5.41) is 0. The van der Waals surface area contributed by atoms with Crippen LogP contribution < -0.4 is 4.74 Å². The topological polar surface area (TPSA) is 38.8 Å². The average molecular weight is 434 g/mol. The van der Waals surface area contributed by atoms with Crippen LogP contribution in [0.2, 0.25) is 0 Å². The monoisotopic (exact) mass is 433 g/mol. The highest BCUT2D eigenvalue weighted by Gasteiger charge is 2.12. The molecule has 0 radical (unpaired) electrons. The molecular weight excluding hydrogens is 386 g/mol. The fourth-order valence-electron chi connectivity index (χ4n) is 3.62. The van der Waals surface area contributed by atoms with E-state index < -0.39 is 0 Å². The fourth-order valence-corrected chi connectivity index (χ4v) is 3.62. The quantitative estimate of drug-likeness (QED) is 0.169. The van der Waals surface area contributed by atoms with Gasteiger partial charge in [0, 0.05) is 25.1 Å². The molecule has 4 heteroatoms. The minimum atomic E-state index is 0.231. The summed E-state index contributed by atoms with van der Waals surface area (Å²) in [6.45, 7) is 13.8. The van der Waals surface area contributed by atoms with Gasteiger partial charge in [-0.1, -0.05) is 59.8 Å². The van der Waals surface area contributed by atoms with Crippen molar-refractivity contribution in [2.24, 2.45) is 0 Å².